The molecule has 1 aromatic carbocycles. The molecule has 0 unspecified atom stereocenters. The highest BCUT2D eigenvalue weighted by molar-refractivity contribution is 5.15. The fraction of sp³-hybridized carbons (Fsp3) is 0.273. The zero-order valence-corrected chi connectivity index (χ0v) is 8.51. The largest absolute Gasteiger partial charge is 0.441 e. The maximum Gasteiger partial charge on any atom is 0.441 e. The van der Waals surface area contributed by atoms with Crippen molar-refractivity contribution in [1.29, 1.82) is 0 Å². The van der Waals surface area contributed by atoms with Crippen LogP contribution in [0.4, 0.5) is 0 Å². The van der Waals surface area contributed by atoms with Gasteiger partial charge in [-0.05, 0) is 12.0 Å². The topological polar surface area (TPSA) is 48.0 Å². The van der Waals surface area contributed by atoms with E-state index >= 15 is 0 Å². The van der Waals surface area contributed by atoms with Gasteiger partial charge in [-0.15, -0.1) is 0 Å². The van der Waals surface area contributed by atoms with Crippen molar-refractivity contribution in [3.05, 3.63) is 52.3 Å². The second kappa shape index (κ2) is 4.13. The van der Waals surface area contributed by atoms with Crippen LogP contribution in [-0.4, -0.2) is 9.72 Å². The summed E-state index contributed by atoms with van der Waals surface area (Å²) in [7, 11) is 1.67. The standard InChI is InChI=1S/C11H12N2O2/c1-13-10(12-15-11(13)14)8-7-9-5-3-2-4-6-9/h2-6H,7-8H2,1H3. The highest BCUT2D eigenvalue weighted by Crippen LogP contribution is 2.03. The minimum atomic E-state index is -0.405. The van der Waals surface area contributed by atoms with Crippen molar-refractivity contribution < 1.29 is 4.52 Å². The Hall–Kier alpha value is -1.84. The lowest BCUT2D eigenvalue weighted by Crippen LogP contribution is -2.12. The quantitative estimate of drug-likeness (QED) is 0.753. The van der Waals surface area contributed by atoms with Crippen molar-refractivity contribution in [2.24, 2.45) is 7.05 Å². The second-order valence-corrected chi connectivity index (χ2v) is 3.41. The van der Waals surface area contributed by atoms with Crippen LogP contribution in [0, 0.1) is 0 Å². The maximum absolute atomic E-state index is 11.0. The van der Waals surface area contributed by atoms with Gasteiger partial charge in [-0.2, -0.15) is 0 Å². The van der Waals surface area contributed by atoms with Crippen LogP contribution in [0.25, 0.3) is 0 Å². The fourth-order valence-electron chi connectivity index (χ4n) is 1.43. The van der Waals surface area contributed by atoms with E-state index in [0.29, 0.717) is 12.2 Å². The molecular weight excluding hydrogens is 192 g/mol. The molecule has 15 heavy (non-hydrogen) atoms. The van der Waals surface area contributed by atoms with Gasteiger partial charge in [0.2, 0.25) is 0 Å². The smallest absolute Gasteiger partial charge is 0.296 e. The lowest BCUT2D eigenvalue weighted by atomic mass is 10.1. The summed E-state index contributed by atoms with van der Waals surface area (Å²) >= 11 is 0. The summed E-state index contributed by atoms with van der Waals surface area (Å²) in [5.74, 6) is 0.280. The summed E-state index contributed by atoms with van der Waals surface area (Å²) < 4.78 is 5.97. The number of aryl methyl sites for hydroxylation is 2. The number of hydrogen-bond donors (Lipinski definition) is 0. The molecule has 0 aliphatic carbocycles. The molecule has 0 fully saturated rings. The molecule has 1 heterocycles. The third-order valence-corrected chi connectivity index (χ3v) is 2.37. The predicted octanol–water partition coefficient (Wildman–Crippen LogP) is 1.16. The lowest BCUT2D eigenvalue weighted by molar-refractivity contribution is 0.376. The molecule has 0 atom stereocenters. The third kappa shape index (κ3) is 2.15. The molecule has 1 aromatic heterocycles. The lowest BCUT2D eigenvalue weighted by Gasteiger charge is -1.99. The number of benzene rings is 1. The Labute approximate surface area is 87.1 Å². The highest BCUT2D eigenvalue weighted by Gasteiger charge is 2.05. The van der Waals surface area contributed by atoms with Gasteiger partial charge in [-0.3, -0.25) is 9.09 Å². The van der Waals surface area contributed by atoms with Crippen LogP contribution in [0.3, 0.4) is 0 Å². The van der Waals surface area contributed by atoms with E-state index in [1.165, 1.54) is 10.1 Å². The number of hydrogen-bond acceptors (Lipinski definition) is 3. The van der Waals surface area contributed by atoms with Crippen molar-refractivity contribution in [3.63, 3.8) is 0 Å². The molecule has 0 radical (unpaired) electrons. The van der Waals surface area contributed by atoms with Crippen molar-refractivity contribution in [3.8, 4) is 0 Å². The second-order valence-electron chi connectivity index (χ2n) is 3.41. The molecule has 0 aliphatic heterocycles. The van der Waals surface area contributed by atoms with Gasteiger partial charge in [0.25, 0.3) is 0 Å². The Morgan fingerprint density at radius 1 is 1.27 bits per heavy atom. The molecule has 4 nitrogen and oxygen atoms in total. The first-order valence-electron chi connectivity index (χ1n) is 4.83. The van der Waals surface area contributed by atoms with Crippen LogP contribution >= 0.6 is 0 Å². The normalized spacial score (nSPS) is 10.5. The molecule has 0 N–H and O–H groups in total. The zero-order valence-electron chi connectivity index (χ0n) is 8.51. The average molecular weight is 204 g/mol. The summed E-state index contributed by atoms with van der Waals surface area (Å²) in [6, 6.07) is 10.1. The number of nitrogens with zero attached hydrogens (tertiary/aromatic N) is 2. The van der Waals surface area contributed by atoms with E-state index in [9.17, 15) is 4.79 Å². The highest BCUT2D eigenvalue weighted by atomic mass is 16.5. The summed E-state index contributed by atoms with van der Waals surface area (Å²) in [6.07, 6.45) is 1.58. The summed E-state index contributed by atoms with van der Waals surface area (Å²) in [4.78, 5) is 11.0. The van der Waals surface area contributed by atoms with E-state index < -0.39 is 5.76 Å². The monoisotopic (exact) mass is 204 g/mol. The Morgan fingerprint density at radius 2 is 2.00 bits per heavy atom. The Bertz CT molecular complexity index is 485. The Kier molecular flexibility index (Phi) is 2.67. The first-order chi connectivity index (χ1) is 7.27. The van der Waals surface area contributed by atoms with E-state index in [4.69, 9.17) is 0 Å². The van der Waals surface area contributed by atoms with E-state index in [0.717, 1.165) is 6.42 Å². The van der Waals surface area contributed by atoms with Gasteiger partial charge in [0.05, 0.1) is 0 Å². The molecular formula is C11H12N2O2. The van der Waals surface area contributed by atoms with Gasteiger partial charge in [-0.1, -0.05) is 35.5 Å². The predicted molar refractivity (Wildman–Crippen MR) is 55.6 cm³/mol. The molecule has 2 rings (SSSR count). The van der Waals surface area contributed by atoms with Gasteiger partial charge in [0.15, 0.2) is 5.82 Å². The fourth-order valence-corrected chi connectivity index (χ4v) is 1.43. The summed E-state index contributed by atoms with van der Waals surface area (Å²) in [5, 5.41) is 3.71. The van der Waals surface area contributed by atoms with E-state index in [2.05, 4.69) is 21.8 Å². The summed E-state index contributed by atoms with van der Waals surface area (Å²) in [6.45, 7) is 0. The van der Waals surface area contributed by atoms with E-state index in [1.807, 2.05) is 18.2 Å². The first kappa shape index (κ1) is 9.71. The molecule has 0 saturated carbocycles. The molecule has 0 amide bonds. The van der Waals surface area contributed by atoms with E-state index in [-0.39, 0.29) is 0 Å². The molecule has 4 heteroatoms. The van der Waals surface area contributed by atoms with Crippen LogP contribution in [0.15, 0.2) is 39.6 Å². The average Bonchev–Trinajstić information content (AvgIpc) is 2.59. The van der Waals surface area contributed by atoms with Gasteiger partial charge < -0.3 is 0 Å². The van der Waals surface area contributed by atoms with Crippen molar-refractivity contribution in [1.82, 2.24) is 9.72 Å². The number of rotatable bonds is 3. The zero-order chi connectivity index (χ0) is 10.7. The van der Waals surface area contributed by atoms with E-state index in [1.54, 1.807) is 7.05 Å². The van der Waals surface area contributed by atoms with Crippen molar-refractivity contribution >= 4 is 0 Å². The minimum absolute atomic E-state index is 0.405. The van der Waals surface area contributed by atoms with Crippen LogP contribution < -0.4 is 5.76 Å². The third-order valence-electron chi connectivity index (χ3n) is 2.37. The van der Waals surface area contributed by atoms with Gasteiger partial charge in [0, 0.05) is 13.5 Å². The summed E-state index contributed by atoms with van der Waals surface area (Å²) in [5.41, 5.74) is 1.23. The molecule has 0 bridgehead atoms. The van der Waals surface area contributed by atoms with Crippen molar-refractivity contribution in [2.45, 2.75) is 12.8 Å². The van der Waals surface area contributed by atoms with Crippen LogP contribution in [0.5, 0.6) is 0 Å². The molecule has 0 aliphatic rings. The van der Waals surface area contributed by atoms with Crippen molar-refractivity contribution in [2.75, 3.05) is 0 Å². The molecule has 2 aromatic rings. The van der Waals surface area contributed by atoms with Gasteiger partial charge in [0.1, 0.15) is 0 Å². The van der Waals surface area contributed by atoms with Crippen LogP contribution in [0.1, 0.15) is 11.4 Å². The van der Waals surface area contributed by atoms with Crippen LogP contribution in [0.2, 0.25) is 0 Å². The van der Waals surface area contributed by atoms with Gasteiger partial charge in [-0.25, -0.2) is 4.79 Å². The molecule has 0 spiro atoms. The molecule has 78 valence electrons. The minimum Gasteiger partial charge on any atom is -0.296 e. The van der Waals surface area contributed by atoms with Gasteiger partial charge >= 0.3 is 5.76 Å². The Morgan fingerprint density at radius 3 is 2.60 bits per heavy atom. The maximum atomic E-state index is 11.0. The van der Waals surface area contributed by atoms with Crippen LogP contribution in [-0.2, 0) is 19.9 Å². The Balaban J connectivity index is 2.06. The first-order valence-corrected chi connectivity index (χ1v) is 4.83. The SMILES string of the molecule is Cn1c(CCc2ccccc2)noc1=O. The molecule has 0 saturated heterocycles. The number of aromatic nitrogens is 2.